The van der Waals surface area contributed by atoms with Crippen molar-refractivity contribution < 1.29 is 9.84 Å². The first-order valence-electron chi connectivity index (χ1n) is 6.46. The molecule has 0 bridgehead atoms. The molecule has 0 aliphatic rings. The van der Waals surface area contributed by atoms with E-state index in [9.17, 15) is 5.11 Å². The molecule has 0 fully saturated rings. The molecule has 0 radical (unpaired) electrons. The molecule has 0 saturated carbocycles. The normalized spacial score (nSPS) is 12.1. The maximum absolute atomic E-state index is 9.70. The summed E-state index contributed by atoms with van der Waals surface area (Å²) in [7, 11) is 1.65. The fourth-order valence-electron chi connectivity index (χ4n) is 2.04. The van der Waals surface area contributed by atoms with Gasteiger partial charge in [0.05, 0.1) is 7.11 Å². The lowest BCUT2D eigenvalue weighted by Crippen LogP contribution is -1.98. The number of hydrogen-bond acceptors (Lipinski definition) is 2. The Morgan fingerprint density at radius 3 is 2.61 bits per heavy atom. The highest BCUT2D eigenvalue weighted by atomic mass is 16.5. The molecule has 1 aromatic carbocycles. The monoisotopic (exact) mass is 248 g/mol. The van der Waals surface area contributed by atoms with Crippen LogP contribution in [0.5, 0.6) is 11.5 Å². The van der Waals surface area contributed by atoms with E-state index in [2.05, 4.69) is 26.8 Å². The second-order valence-corrected chi connectivity index (χ2v) is 5.14. The molecule has 1 atom stereocenters. The van der Waals surface area contributed by atoms with Crippen molar-refractivity contribution >= 4 is 0 Å². The average molecular weight is 248 g/mol. The predicted octanol–water partition coefficient (Wildman–Crippen LogP) is 4.56. The summed E-state index contributed by atoms with van der Waals surface area (Å²) in [5, 5.41) is 9.70. The molecule has 0 spiro atoms. The van der Waals surface area contributed by atoms with Gasteiger partial charge in [-0.15, -0.1) is 0 Å². The summed E-state index contributed by atoms with van der Waals surface area (Å²) >= 11 is 0. The standard InChI is InChI=1S/C16H24O2/c1-11(2)7-6-8-12(3)14-9-13(4)15(17)10-16(14)18-5/h7,9-10,12,17H,6,8H2,1-5H3. The molecule has 18 heavy (non-hydrogen) atoms. The van der Waals surface area contributed by atoms with E-state index in [1.807, 2.05) is 13.0 Å². The molecule has 0 aromatic heterocycles. The lowest BCUT2D eigenvalue weighted by atomic mass is 9.93. The summed E-state index contributed by atoms with van der Waals surface area (Å²) in [6, 6.07) is 3.74. The van der Waals surface area contributed by atoms with Crippen molar-refractivity contribution in [3.8, 4) is 11.5 Å². The Hall–Kier alpha value is -1.44. The Balaban J connectivity index is 2.87. The molecule has 0 aliphatic carbocycles. The van der Waals surface area contributed by atoms with Gasteiger partial charge in [0, 0.05) is 6.07 Å². The van der Waals surface area contributed by atoms with E-state index in [0.29, 0.717) is 11.7 Å². The van der Waals surface area contributed by atoms with Crippen LogP contribution in [-0.2, 0) is 0 Å². The molecule has 100 valence electrons. The van der Waals surface area contributed by atoms with Gasteiger partial charge in [-0.3, -0.25) is 0 Å². The molecule has 1 rings (SSSR count). The third-order valence-corrected chi connectivity index (χ3v) is 3.23. The number of phenols is 1. The van der Waals surface area contributed by atoms with E-state index >= 15 is 0 Å². The van der Waals surface area contributed by atoms with Crippen molar-refractivity contribution in [2.45, 2.75) is 46.5 Å². The quantitative estimate of drug-likeness (QED) is 0.774. The lowest BCUT2D eigenvalue weighted by Gasteiger charge is -2.16. The maximum atomic E-state index is 9.70. The van der Waals surface area contributed by atoms with Crippen LogP contribution in [0, 0.1) is 6.92 Å². The molecule has 0 heterocycles. The molecule has 1 N–H and O–H groups in total. The SMILES string of the molecule is COc1cc(O)c(C)cc1C(C)CCC=C(C)C. The topological polar surface area (TPSA) is 29.5 Å². The molecule has 2 heteroatoms. The summed E-state index contributed by atoms with van der Waals surface area (Å²) in [6.45, 7) is 8.36. The minimum atomic E-state index is 0.298. The van der Waals surface area contributed by atoms with Gasteiger partial charge in [0.15, 0.2) is 0 Å². The van der Waals surface area contributed by atoms with Gasteiger partial charge in [-0.05, 0) is 56.7 Å². The molecule has 0 amide bonds. The minimum Gasteiger partial charge on any atom is -0.508 e. The Morgan fingerprint density at radius 2 is 2.06 bits per heavy atom. The van der Waals surface area contributed by atoms with Crippen LogP contribution < -0.4 is 4.74 Å². The van der Waals surface area contributed by atoms with Crippen molar-refractivity contribution in [2.24, 2.45) is 0 Å². The van der Waals surface area contributed by atoms with Crippen molar-refractivity contribution in [3.63, 3.8) is 0 Å². The van der Waals surface area contributed by atoms with E-state index < -0.39 is 0 Å². The van der Waals surface area contributed by atoms with Crippen molar-refractivity contribution in [3.05, 3.63) is 34.9 Å². The second-order valence-electron chi connectivity index (χ2n) is 5.14. The number of benzene rings is 1. The Morgan fingerprint density at radius 1 is 1.39 bits per heavy atom. The van der Waals surface area contributed by atoms with Crippen LogP contribution >= 0.6 is 0 Å². The van der Waals surface area contributed by atoms with Crippen LogP contribution in [0.1, 0.15) is 50.7 Å². The summed E-state index contributed by atoms with van der Waals surface area (Å²) in [5.74, 6) is 1.50. The van der Waals surface area contributed by atoms with Crippen molar-refractivity contribution in [2.75, 3.05) is 7.11 Å². The number of allylic oxidation sites excluding steroid dienone is 2. The predicted molar refractivity (Wildman–Crippen MR) is 76.5 cm³/mol. The zero-order valence-electron chi connectivity index (χ0n) is 12.1. The van der Waals surface area contributed by atoms with Crippen molar-refractivity contribution in [1.29, 1.82) is 0 Å². The van der Waals surface area contributed by atoms with E-state index in [-0.39, 0.29) is 0 Å². The number of hydrogen-bond donors (Lipinski definition) is 1. The minimum absolute atomic E-state index is 0.298. The summed E-state index contributed by atoms with van der Waals surface area (Å²) < 4.78 is 5.35. The van der Waals surface area contributed by atoms with Gasteiger partial charge in [0.1, 0.15) is 11.5 Å². The summed E-state index contributed by atoms with van der Waals surface area (Å²) in [5.41, 5.74) is 3.44. The first kappa shape index (κ1) is 14.6. The number of methoxy groups -OCH3 is 1. The lowest BCUT2D eigenvalue weighted by molar-refractivity contribution is 0.398. The first-order valence-corrected chi connectivity index (χ1v) is 6.46. The second kappa shape index (κ2) is 6.48. The Labute approximate surface area is 110 Å². The molecule has 1 aromatic rings. The molecular formula is C16H24O2. The number of ether oxygens (including phenoxy) is 1. The van der Waals surface area contributed by atoms with E-state index in [0.717, 1.165) is 24.2 Å². The third kappa shape index (κ3) is 3.80. The highest BCUT2D eigenvalue weighted by molar-refractivity contribution is 5.46. The fraction of sp³-hybridized carbons (Fsp3) is 0.500. The first-order chi connectivity index (χ1) is 8.45. The van der Waals surface area contributed by atoms with E-state index in [4.69, 9.17) is 4.74 Å². The van der Waals surface area contributed by atoms with E-state index in [1.165, 1.54) is 11.1 Å². The molecule has 2 nitrogen and oxygen atoms in total. The van der Waals surface area contributed by atoms with Crippen molar-refractivity contribution in [1.82, 2.24) is 0 Å². The molecule has 0 aliphatic heterocycles. The number of aryl methyl sites for hydroxylation is 1. The van der Waals surface area contributed by atoms with Crippen LogP contribution in [-0.4, -0.2) is 12.2 Å². The fourth-order valence-corrected chi connectivity index (χ4v) is 2.04. The zero-order valence-corrected chi connectivity index (χ0v) is 12.1. The average Bonchev–Trinajstić information content (AvgIpc) is 2.31. The number of phenolic OH excluding ortho intramolecular Hbond substituents is 1. The number of aromatic hydroxyl groups is 1. The van der Waals surface area contributed by atoms with Crippen LogP contribution in [0.2, 0.25) is 0 Å². The Bertz CT molecular complexity index is 429. The van der Waals surface area contributed by atoms with Crippen LogP contribution in [0.4, 0.5) is 0 Å². The highest BCUT2D eigenvalue weighted by Crippen LogP contribution is 2.34. The maximum Gasteiger partial charge on any atom is 0.126 e. The summed E-state index contributed by atoms with van der Waals surface area (Å²) in [4.78, 5) is 0. The van der Waals surface area contributed by atoms with Crippen LogP contribution in [0.25, 0.3) is 0 Å². The van der Waals surface area contributed by atoms with Gasteiger partial charge in [-0.2, -0.15) is 0 Å². The number of rotatable bonds is 5. The van der Waals surface area contributed by atoms with Gasteiger partial charge >= 0.3 is 0 Å². The van der Waals surface area contributed by atoms with Crippen LogP contribution in [0.15, 0.2) is 23.8 Å². The highest BCUT2D eigenvalue weighted by Gasteiger charge is 2.13. The van der Waals surface area contributed by atoms with Gasteiger partial charge in [0.2, 0.25) is 0 Å². The van der Waals surface area contributed by atoms with Gasteiger partial charge in [-0.1, -0.05) is 18.6 Å². The van der Waals surface area contributed by atoms with Crippen LogP contribution in [0.3, 0.4) is 0 Å². The Kier molecular flexibility index (Phi) is 5.26. The smallest absolute Gasteiger partial charge is 0.126 e. The molecular weight excluding hydrogens is 224 g/mol. The molecule has 1 unspecified atom stereocenters. The zero-order chi connectivity index (χ0) is 13.7. The van der Waals surface area contributed by atoms with E-state index in [1.54, 1.807) is 13.2 Å². The molecule has 0 saturated heterocycles. The largest absolute Gasteiger partial charge is 0.508 e. The summed E-state index contributed by atoms with van der Waals surface area (Å²) in [6.07, 6.45) is 4.43. The van der Waals surface area contributed by atoms with Gasteiger partial charge in [0.25, 0.3) is 0 Å². The van der Waals surface area contributed by atoms with Gasteiger partial charge in [-0.25, -0.2) is 0 Å². The third-order valence-electron chi connectivity index (χ3n) is 3.23. The van der Waals surface area contributed by atoms with Gasteiger partial charge < -0.3 is 9.84 Å².